The number of hydrogen-bond donors (Lipinski definition) is 2. The number of halogens is 1. The van der Waals surface area contributed by atoms with Crippen LogP contribution in [0, 0.1) is 11.8 Å². The van der Waals surface area contributed by atoms with E-state index in [9.17, 15) is 9.59 Å². The van der Waals surface area contributed by atoms with Crippen LogP contribution in [0.5, 0.6) is 0 Å². The lowest BCUT2D eigenvalue weighted by atomic mass is 9.95. The molecule has 1 fully saturated rings. The summed E-state index contributed by atoms with van der Waals surface area (Å²) < 4.78 is 5.40. The number of carboxylic acids is 1. The highest BCUT2D eigenvalue weighted by atomic mass is 35.5. The van der Waals surface area contributed by atoms with Crippen molar-refractivity contribution in [3.8, 4) is 0 Å². The lowest BCUT2D eigenvalue weighted by Gasteiger charge is -2.24. The van der Waals surface area contributed by atoms with E-state index in [1.165, 1.54) is 0 Å². The molecule has 1 unspecified atom stereocenters. The van der Waals surface area contributed by atoms with Gasteiger partial charge in [0.05, 0.1) is 6.04 Å². The summed E-state index contributed by atoms with van der Waals surface area (Å²) in [5.74, 6) is -1.30. The summed E-state index contributed by atoms with van der Waals surface area (Å²) in [5, 5.41) is 12.7. The minimum Gasteiger partial charge on any atom is -0.479 e. The van der Waals surface area contributed by atoms with Gasteiger partial charge in [-0.3, -0.25) is 4.79 Å². The van der Waals surface area contributed by atoms with Gasteiger partial charge in [-0.2, -0.15) is 0 Å². The predicted octanol–water partition coefficient (Wildman–Crippen LogP) is 3.03. The number of ether oxygens (including phenoxy) is 1. The second kappa shape index (κ2) is 7.32. The van der Waals surface area contributed by atoms with E-state index in [-0.39, 0.29) is 23.8 Å². The van der Waals surface area contributed by atoms with Gasteiger partial charge in [0.25, 0.3) is 0 Å². The Kier molecular flexibility index (Phi) is 5.65. The Labute approximate surface area is 141 Å². The van der Waals surface area contributed by atoms with Gasteiger partial charge < -0.3 is 15.2 Å². The molecule has 1 aliphatic heterocycles. The molecule has 0 aromatic heterocycles. The first kappa shape index (κ1) is 17.8. The van der Waals surface area contributed by atoms with Crippen LogP contribution in [-0.2, 0) is 14.3 Å². The molecule has 5 nitrogen and oxygen atoms in total. The lowest BCUT2D eigenvalue weighted by molar-refractivity contribution is -0.153. The number of carbonyl (C=O) groups is 2. The Balaban J connectivity index is 2.07. The largest absolute Gasteiger partial charge is 0.479 e. The topological polar surface area (TPSA) is 75.6 Å². The molecule has 4 atom stereocenters. The molecular formula is C17H22ClNO4. The van der Waals surface area contributed by atoms with Crippen LogP contribution in [-0.4, -0.2) is 29.2 Å². The Morgan fingerprint density at radius 2 is 1.91 bits per heavy atom. The quantitative estimate of drug-likeness (QED) is 0.864. The van der Waals surface area contributed by atoms with Gasteiger partial charge in [0.15, 0.2) is 6.10 Å². The van der Waals surface area contributed by atoms with Crippen molar-refractivity contribution in [1.29, 1.82) is 0 Å². The molecule has 0 spiro atoms. The first-order valence-electron chi connectivity index (χ1n) is 7.73. The molecule has 1 saturated heterocycles. The Hall–Kier alpha value is -1.59. The van der Waals surface area contributed by atoms with Crippen molar-refractivity contribution >= 4 is 23.5 Å². The SMILES string of the molecule is CC(C)C(NC(=O)[C@@H]1C[C@H](C)[C@@H](C(=O)O)O1)c1ccc(Cl)cc1. The minimum absolute atomic E-state index is 0.175. The van der Waals surface area contributed by atoms with E-state index < -0.39 is 18.2 Å². The summed E-state index contributed by atoms with van der Waals surface area (Å²) in [4.78, 5) is 23.6. The predicted molar refractivity (Wildman–Crippen MR) is 87.3 cm³/mol. The maximum atomic E-state index is 12.5. The van der Waals surface area contributed by atoms with Crippen LogP contribution in [0.15, 0.2) is 24.3 Å². The summed E-state index contributed by atoms with van der Waals surface area (Å²) in [6.45, 7) is 5.81. The molecular weight excluding hydrogens is 318 g/mol. The normalized spacial score (nSPS) is 25.3. The highest BCUT2D eigenvalue weighted by molar-refractivity contribution is 6.30. The maximum Gasteiger partial charge on any atom is 0.333 e. The van der Waals surface area contributed by atoms with Crippen LogP contribution in [0.25, 0.3) is 0 Å². The molecule has 0 radical (unpaired) electrons. The molecule has 126 valence electrons. The van der Waals surface area contributed by atoms with E-state index in [1.54, 1.807) is 19.1 Å². The fraction of sp³-hybridized carbons (Fsp3) is 0.529. The number of amides is 1. The van der Waals surface area contributed by atoms with Gasteiger partial charge in [0, 0.05) is 5.02 Å². The van der Waals surface area contributed by atoms with E-state index in [4.69, 9.17) is 21.4 Å². The van der Waals surface area contributed by atoms with Crippen molar-refractivity contribution in [1.82, 2.24) is 5.32 Å². The summed E-state index contributed by atoms with van der Waals surface area (Å²) >= 11 is 5.90. The highest BCUT2D eigenvalue weighted by Crippen LogP contribution is 2.28. The molecule has 1 aromatic rings. The Morgan fingerprint density at radius 1 is 1.30 bits per heavy atom. The van der Waals surface area contributed by atoms with Crippen molar-refractivity contribution < 1.29 is 19.4 Å². The Bertz CT molecular complexity index is 572. The molecule has 0 bridgehead atoms. The van der Waals surface area contributed by atoms with Crippen molar-refractivity contribution in [2.24, 2.45) is 11.8 Å². The van der Waals surface area contributed by atoms with E-state index >= 15 is 0 Å². The molecule has 23 heavy (non-hydrogen) atoms. The number of hydrogen-bond acceptors (Lipinski definition) is 3. The van der Waals surface area contributed by atoms with Crippen LogP contribution in [0.2, 0.25) is 5.02 Å². The van der Waals surface area contributed by atoms with Crippen molar-refractivity contribution in [3.05, 3.63) is 34.9 Å². The number of benzene rings is 1. The second-order valence-electron chi connectivity index (χ2n) is 6.38. The Morgan fingerprint density at radius 3 is 2.39 bits per heavy atom. The molecule has 2 N–H and O–H groups in total. The average Bonchev–Trinajstić information content (AvgIpc) is 2.87. The average molecular weight is 340 g/mol. The summed E-state index contributed by atoms with van der Waals surface area (Å²) in [5.41, 5.74) is 0.957. The van der Waals surface area contributed by atoms with Crippen LogP contribution in [0.4, 0.5) is 0 Å². The van der Waals surface area contributed by atoms with Crippen molar-refractivity contribution in [2.75, 3.05) is 0 Å². The first-order chi connectivity index (χ1) is 10.8. The zero-order valence-corrected chi connectivity index (χ0v) is 14.2. The lowest BCUT2D eigenvalue weighted by Crippen LogP contribution is -2.39. The van der Waals surface area contributed by atoms with E-state index in [2.05, 4.69) is 5.32 Å². The number of carboxylic acid groups (broad SMARTS) is 1. The fourth-order valence-electron chi connectivity index (χ4n) is 2.85. The fourth-order valence-corrected chi connectivity index (χ4v) is 2.98. The smallest absolute Gasteiger partial charge is 0.333 e. The van der Waals surface area contributed by atoms with Crippen LogP contribution in [0.1, 0.15) is 38.8 Å². The monoisotopic (exact) mass is 339 g/mol. The molecule has 6 heteroatoms. The summed E-state index contributed by atoms with van der Waals surface area (Å²) in [7, 11) is 0. The molecule has 0 aliphatic carbocycles. The van der Waals surface area contributed by atoms with Gasteiger partial charge in [-0.25, -0.2) is 4.79 Å². The highest BCUT2D eigenvalue weighted by Gasteiger charge is 2.41. The molecule has 1 amide bonds. The van der Waals surface area contributed by atoms with Gasteiger partial charge in [-0.05, 0) is 36.0 Å². The third-order valence-electron chi connectivity index (χ3n) is 4.14. The minimum atomic E-state index is -1.02. The zero-order chi connectivity index (χ0) is 17.1. The van der Waals surface area contributed by atoms with Gasteiger partial charge in [-0.1, -0.05) is 44.5 Å². The van der Waals surface area contributed by atoms with E-state index in [1.807, 2.05) is 26.0 Å². The second-order valence-corrected chi connectivity index (χ2v) is 6.81. The number of carbonyl (C=O) groups excluding carboxylic acids is 1. The van der Waals surface area contributed by atoms with Gasteiger partial charge in [-0.15, -0.1) is 0 Å². The maximum absolute atomic E-state index is 12.5. The van der Waals surface area contributed by atoms with Crippen LogP contribution >= 0.6 is 11.6 Å². The van der Waals surface area contributed by atoms with Crippen molar-refractivity contribution in [2.45, 2.75) is 45.4 Å². The molecule has 1 aromatic carbocycles. The molecule has 0 saturated carbocycles. The van der Waals surface area contributed by atoms with Gasteiger partial charge in [0.1, 0.15) is 6.10 Å². The van der Waals surface area contributed by atoms with Gasteiger partial charge >= 0.3 is 5.97 Å². The van der Waals surface area contributed by atoms with Gasteiger partial charge in [0.2, 0.25) is 5.91 Å². The number of nitrogens with one attached hydrogen (secondary N) is 1. The summed E-state index contributed by atoms with van der Waals surface area (Å²) in [6.07, 6.45) is -1.23. The van der Waals surface area contributed by atoms with Crippen LogP contribution in [0.3, 0.4) is 0 Å². The van der Waals surface area contributed by atoms with E-state index in [0.717, 1.165) is 5.56 Å². The van der Waals surface area contributed by atoms with E-state index in [0.29, 0.717) is 11.4 Å². The first-order valence-corrected chi connectivity index (χ1v) is 8.11. The zero-order valence-electron chi connectivity index (χ0n) is 13.5. The molecule has 1 aliphatic rings. The molecule has 2 rings (SSSR count). The van der Waals surface area contributed by atoms with Crippen LogP contribution < -0.4 is 5.32 Å². The molecule has 1 heterocycles. The standard InChI is InChI=1S/C17H22ClNO4/c1-9(2)14(11-4-6-12(18)7-5-11)19-16(20)13-8-10(3)15(23-13)17(21)22/h4-7,9-10,13-15H,8H2,1-3H3,(H,19,20)(H,21,22)/t10-,13-,14?,15-/m0/s1. The third kappa shape index (κ3) is 4.24. The number of aliphatic carboxylic acids is 1. The van der Waals surface area contributed by atoms with Crippen molar-refractivity contribution in [3.63, 3.8) is 0 Å². The number of rotatable bonds is 5. The summed E-state index contributed by atoms with van der Waals surface area (Å²) in [6, 6.07) is 7.15. The third-order valence-corrected chi connectivity index (χ3v) is 4.39.